The van der Waals surface area contributed by atoms with Crippen LogP contribution in [0.15, 0.2) is 48.5 Å². The summed E-state index contributed by atoms with van der Waals surface area (Å²) in [7, 11) is 0. The van der Waals surface area contributed by atoms with Crippen LogP contribution in [-0.2, 0) is 0 Å². The van der Waals surface area contributed by atoms with Crippen molar-refractivity contribution in [2.75, 3.05) is 0 Å². The number of benzene rings is 2. The third-order valence-corrected chi connectivity index (χ3v) is 2.30. The first kappa shape index (κ1) is 19.7. The molecule has 8 heteroatoms. The lowest BCUT2D eigenvalue weighted by Gasteiger charge is -2.14. The molecule has 0 unspecified atom stereocenters. The van der Waals surface area contributed by atoms with Crippen molar-refractivity contribution >= 4 is 33.1 Å². The number of aryl methyl sites for hydroxylation is 2. The average molecular weight is 361 g/mol. The lowest BCUT2D eigenvalue weighted by atomic mass is 10.2. The first-order valence-electron chi connectivity index (χ1n) is 6.18. The Hall–Kier alpha value is -2.26. The fourth-order valence-electron chi connectivity index (χ4n) is 1.22. The second kappa shape index (κ2) is 11.4. The lowest BCUT2D eigenvalue weighted by molar-refractivity contribution is -0.333. The van der Waals surface area contributed by atoms with Crippen molar-refractivity contribution in [1.29, 1.82) is 10.8 Å². The second-order valence-electron chi connectivity index (χ2n) is 4.15. The van der Waals surface area contributed by atoms with E-state index in [4.69, 9.17) is 20.8 Å². The summed E-state index contributed by atoms with van der Waals surface area (Å²) in [6, 6.07) is 14.6. The molecule has 0 aliphatic rings. The molecule has 0 saturated heterocycles. The van der Waals surface area contributed by atoms with Crippen molar-refractivity contribution in [3.05, 3.63) is 69.6 Å². The maximum absolute atomic E-state index is 8.89. The standard InChI is InChI=1S/2C7H7N2.BBrO2/c2*1-6-2-4-7(9-8)5-3-6;2-1(3)4/h2*2-5H,1H3;/q2*+1;-2. The SMILES string of the molecule is Cc1ccc([N+]#N)cc1.Cc1ccc([N+]#N)cc1.[O-]B([O-])Br. The first-order valence-corrected chi connectivity index (χ1v) is 7.10. The summed E-state index contributed by atoms with van der Waals surface area (Å²) in [5.41, 5.74) is 3.53. The Morgan fingerprint density at radius 2 is 1.00 bits per heavy atom. The van der Waals surface area contributed by atoms with E-state index < -0.39 is 5.94 Å². The van der Waals surface area contributed by atoms with Gasteiger partial charge in [-0.05, 0) is 19.8 Å². The predicted octanol–water partition coefficient (Wildman–Crippen LogP) is 3.05. The Labute approximate surface area is 137 Å². The molecule has 22 heavy (non-hydrogen) atoms. The average Bonchev–Trinajstić information content (AvgIpc) is 2.49. The zero-order chi connectivity index (χ0) is 17.0. The van der Waals surface area contributed by atoms with Crippen LogP contribution >= 0.6 is 15.8 Å². The van der Waals surface area contributed by atoms with Gasteiger partial charge in [0.05, 0.1) is 0 Å². The molecule has 0 aliphatic heterocycles. The van der Waals surface area contributed by atoms with E-state index in [9.17, 15) is 0 Å². The van der Waals surface area contributed by atoms with Gasteiger partial charge in [0.1, 0.15) is 0 Å². The van der Waals surface area contributed by atoms with Crippen molar-refractivity contribution in [2.24, 2.45) is 0 Å². The van der Waals surface area contributed by atoms with Crippen molar-refractivity contribution in [3.8, 4) is 0 Å². The minimum absolute atomic E-state index is 0.598. The quantitative estimate of drug-likeness (QED) is 0.532. The molecule has 0 saturated carbocycles. The first-order chi connectivity index (χ1) is 10.4. The summed E-state index contributed by atoms with van der Waals surface area (Å²) in [5.74, 6) is -1.85. The van der Waals surface area contributed by atoms with Crippen molar-refractivity contribution < 1.29 is 10.0 Å². The fourth-order valence-corrected chi connectivity index (χ4v) is 1.22. The van der Waals surface area contributed by atoms with Crippen LogP contribution in [0.1, 0.15) is 11.1 Å². The highest BCUT2D eigenvalue weighted by molar-refractivity contribution is 9.23. The largest absolute Gasteiger partial charge is 0.884 e. The molecular weight excluding hydrogens is 347 g/mol. The van der Waals surface area contributed by atoms with Gasteiger partial charge in [-0.25, -0.2) is 15.8 Å². The van der Waals surface area contributed by atoms with E-state index in [1.807, 2.05) is 38.1 Å². The third-order valence-electron chi connectivity index (χ3n) is 2.30. The fraction of sp³-hybridized carbons (Fsp3) is 0.143. The van der Waals surface area contributed by atoms with Crippen LogP contribution in [0.4, 0.5) is 11.4 Å². The Morgan fingerprint density at radius 3 is 1.18 bits per heavy atom. The molecule has 0 aromatic heterocycles. The van der Waals surface area contributed by atoms with Gasteiger partial charge in [0, 0.05) is 24.3 Å². The van der Waals surface area contributed by atoms with Crippen LogP contribution in [0.2, 0.25) is 0 Å². The third kappa shape index (κ3) is 10.5. The van der Waals surface area contributed by atoms with Gasteiger partial charge >= 0.3 is 11.4 Å². The van der Waals surface area contributed by atoms with Gasteiger partial charge in [0.2, 0.25) is 10.8 Å². The molecule has 0 radical (unpaired) electrons. The molecule has 0 heterocycles. The molecule has 112 valence electrons. The maximum atomic E-state index is 8.89. The van der Waals surface area contributed by atoms with Crippen LogP contribution in [0.5, 0.6) is 0 Å². The van der Waals surface area contributed by atoms with Gasteiger partial charge in [-0.15, -0.1) is 0 Å². The molecule has 0 fully saturated rings. The number of rotatable bonds is 0. The van der Waals surface area contributed by atoms with Crippen LogP contribution < -0.4 is 10.0 Å². The molecule has 0 spiro atoms. The minimum Gasteiger partial charge on any atom is -0.884 e. The summed E-state index contributed by atoms with van der Waals surface area (Å²) < 4.78 is 0. The van der Waals surface area contributed by atoms with Gasteiger partial charge in [0.15, 0.2) is 9.95 Å². The van der Waals surface area contributed by atoms with Crippen molar-refractivity contribution in [2.45, 2.75) is 13.8 Å². The monoisotopic (exact) mass is 360 g/mol. The summed E-state index contributed by atoms with van der Waals surface area (Å²) >= 11 is 2.16. The van der Waals surface area contributed by atoms with Gasteiger partial charge < -0.3 is 10.0 Å². The Morgan fingerprint density at radius 1 is 0.773 bits per heavy atom. The highest BCUT2D eigenvalue weighted by Crippen LogP contribution is 2.11. The van der Waals surface area contributed by atoms with E-state index in [1.165, 1.54) is 11.1 Å². The molecule has 0 amide bonds. The van der Waals surface area contributed by atoms with E-state index in [0.717, 1.165) is 0 Å². The van der Waals surface area contributed by atoms with E-state index >= 15 is 0 Å². The van der Waals surface area contributed by atoms with E-state index in [1.54, 1.807) is 24.3 Å². The molecule has 0 aliphatic carbocycles. The molecule has 2 aromatic carbocycles. The number of diazo groups is 2. The molecule has 0 N–H and O–H groups in total. The molecule has 6 nitrogen and oxygen atoms in total. The number of hydrogen-bond donors (Lipinski definition) is 0. The maximum Gasteiger partial charge on any atom is 0.385 e. The smallest absolute Gasteiger partial charge is 0.385 e. The zero-order valence-corrected chi connectivity index (χ0v) is 13.8. The van der Waals surface area contributed by atoms with Gasteiger partial charge in [-0.2, -0.15) is 0 Å². The zero-order valence-electron chi connectivity index (χ0n) is 12.2. The Bertz CT molecular complexity index is 576. The number of halogens is 1. The predicted molar refractivity (Wildman–Crippen MR) is 86.5 cm³/mol. The van der Waals surface area contributed by atoms with Gasteiger partial charge in [-0.3, -0.25) is 0 Å². The summed E-state index contributed by atoms with van der Waals surface area (Å²) in [4.78, 5) is 6.02. The van der Waals surface area contributed by atoms with E-state index in [2.05, 4.69) is 25.7 Å². The van der Waals surface area contributed by atoms with Gasteiger partial charge in [-0.1, -0.05) is 35.4 Å². The Kier molecular flexibility index (Phi) is 10.2. The van der Waals surface area contributed by atoms with E-state index in [-0.39, 0.29) is 0 Å². The molecule has 2 aromatic rings. The summed E-state index contributed by atoms with van der Waals surface area (Å²) in [6.07, 6.45) is 0. The normalized spacial score (nSPS) is 8.14. The highest BCUT2D eigenvalue weighted by atomic mass is 79.9. The topological polar surface area (TPSA) is 102 Å². The second-order valence-corrected chi connectivity index (χ2v) is 4.89. The van der Waals surface area contributed by atoms with Crippen LogP contribution in [0, 0.1) is 24.6 Å². The van der Waals surface area contributed by atoms with Crippen molar-refractivity contribution in [1.82, 2.24) is 0 Å². The molecular formula is C14H14BBrN4O2. The highest BCUT2D eigenvalue weighted by Gasteiger charge is 1.99. The van der Waals surface area contributed by atoms with Gasteiger partial charge in [0.25, 0.3) is 0 Å². The van der Waals surface area contributed by atoms with Crippen LogP contribution in [0.25, 0.3) is 9.95 Å². The van der Waals surface area contributed by atoms with Crippen molar-refractivity contribution in [3.63, 3.8) is 0 Å². The molecule has 0 bridgehead atoms. The summed E-state index contributed by atoms with van der Waals surface area (Å²) in [5, 5.41) is 34.3. The molecule has 2 rings (SSSR count). The Balaban J connectivity index is 0.000000326. The minimum atomic E-state index is -1.85. The van der Waals surface area contributed by atoms with Crippen LogP contribution in [-0.4, -0.2) is 5.94 Å². The lowest BCUT2D eigenvalue weighted by Crippen LogP contribution is -2.38. The number of nitrogens with zero attached hydrogens (tertiary/aromatic N) is 4. The van der Waals surface area contributed by atoms with Crippen LogP contribution in [0.3, 0.4) is 0 Å². The van der Waals surface area contributed by atoms with E-state index in [0.29, 0.717) is 11.4 Å². The summed E-state index contributed by atoms with van der Waals surface area (Å²) in [6.45, 7) is 3.97. The number of hydrogen-bond acceptors (Lipinski definition) is 4. The molecule has 0 atom stereocenters.